The van der Waals surface area contributed by atoms with E-state index < -0.39 is 10.0 Å². The zero-order valence-corrected chi connectivity index (χ0v) is 17.4. The van der Waals surface area contributed by atoms with Crippen LogP contribution in [0, 0.1) is 0 Å². The summed E-state index contributed by atoms with van der Waals surface area (Å²) in [5.74, 6) is 1.74. The molecule has 1 aromatic carbocycles. The SMILES string of the molecule is COc1ccc(S(=O)(=O)NC[C@H]2CCCO2)cc1-c1noc(C2CCCCC2)n1. The number of ether oxygens (including phenoxy) is 2. The van der Waals surface area contributed by atoms with Crippen LogP contribution in [-0.2, 0) is 14.8 Å². The van der Waals surface area contributed by atoms with Gasteiger partial charge in [0.2, 0.25) is 21.7 Å². The monoisotopic (exact) mass is 421 g/mol. The number of rotatable bonds is 7. The number of nitrogens with zero attached hydrogens (tertiary/aromatic N) is 2. The van der Waals surface area contributed by atoms with Crippen molar-refractivity contribution in [2.24, 2.45) is 0 Å². The molecule has 2 fully saturated rings. The normalized spacial score (nSPS) is 20.8. The second kappa shape index (κ2) is 8.81. The van der Waals surface area contributed by atoms with E-state index in [9.17, 15) is 8.42 Å². The van der Waals surface area contributed by atoms with Gasteiger partial charge in [0.15, 0.2) is 0 Å². The van der Waals surface area contributed by atoms with Crippen molar-refractivity contribution < 1.29 is 22.4 Å². The van der Waals surface area contributed by atoms with Gasteiger partial charge >= 0.3 is 0 Å². The maximum Gasteiger partial charge on any atom is 0.240 e. The third-order valence-corrected chi connectivity index (χ3v) is 7.06. The molecule has 2 aromatic rings. The van der Waals surface area contributed by atoms with Crippen molar-refractivity contribution in [1.29, 1.82) is 0 Å². The van der Waals surface area contributed by atoms with Crippen molar-refractivity contribution in [2.75, 3.05) is 20.3 Å². The van der Waals surface area contributed by atoms with Crippen LogP contribution in [-0.4, -0.2) is 44.9 Å². The van der Waals surface area contributed by atoms with Gasteiger partial charge in [0.1, 0.15) is 5.75 Å². The predicted octanol–water partition coefficient (Wildman–Crippen LogP) is 3.25. The van der Waals surface area contributed by atoms with Crippen molar-refractivity contribution in [1.82, 2.24) is 14.9 Å². The third-order valence-electron chi connectivity index (χ3n) is 5.64. The zero-order valence-electron chi connectivity index (χ0n) is 16.6. The average molecular weight is 422 g/mol. The Morgan fingerprint density at radius 3 is 2.72 bits per heavy atom. The number of aromatic nitrogens is 2. The number of nitrogens with one attached hydrogen (secondary N) is 1. The lowest BCUT2D eigenvalue weighted by Gasteiger charge is -2.17. The molecule has 2 heterocycles. The van der Waals surface area contributed by atoms with E-state index in [1.807, 2.05) is 0 Å². The highest BCUT2D eigenvalue weighted by molar-refractivity contribution is 7.89. The number of methoxy groups -OCH3 is 1. The van der Waals surface area contributed by atoms with E-state index in [4.69, 9.17) is 14.0 Å². The molecule has 1 N–H and O–H groups in total. The lowest BCUT2D eigenvalue weighted by Crippen LogP contribution is -2.31. The Bertz CT molecular complexity index is 931. The first-order valence-corrected chi connectivity index (χ1v) is 11.7. The molecule has 0 radical (unpaired) electrons. The maximum absolute atomic E-state index is 12.8. The van der Waals surface area contributed by atoms with Gasteiger partial charge in [-0.15, -0.1) is 0 Å². The fourth-order valence-corrected chi connectivity index (χ4v) is 5.07. The minimum absolute atomic E-state index is 0.0715. The summed E-state index contributed by atoms with van der Waals surface area (Å²) in [6.45, 7) is 0.942. The van der Waals surface area contributed by atoms with Crippen LogP contribution in [0.2, 0.25) is 0 Å². The number of hydrogen-bond donors (Lipinski definition) is 1. The lowest BCUT2D eigenvalue weighted by atomic mass is 9.89. The highest BCUT2D eigenvalue weighted by atomic mass is 32.2. The molecule has 1 atom stereocenters. The maximum atomic E-state index is 12.8. The second-order valence-corrected chi connectivity index (χ2v) is 9.41. The number of benzene rings is 1. The van der Waals surface area contributed by atoms with Crippen molar-refractivity contribution in [2.45, 2.75) is 61.9 Å². The van der Waals surface area contributed by atoms with E-state index in [2.05, 4.69) is 14.9 Å². The van der Waals surface area contributed by atoms with Gasteiger partial charge in [0.25, 0.3) is 0 Å². The smallest absolute Gasteiger partial charge is 0.240 e. The third kappa shape index (κ3) is 4.62. The van der Waals surface area contributed by atoms with Crippen LogP contribution in [0.1, 0.15) is 56.8 Å². The summed E-state index contributed by atoms with van der Waals surface area (Å²) in [4.78, 5) is 4.69. The van der Waals surface area contributed by atoms with E-state index >= 15 is 0 Å². The molecular weight excluding hydrogens is 394 g/mol. The van der Waals surface area contributed by atoms with Crippen molar-refractivity contribution in [3.05, 3.63) is 24.1 Å². The van der Waals surface area contributed by atoms with E-state index in [0.717, 1.165) is 38.5 Å². The molecule has 9 heteroatoms. The fourth-order valence-electron chi connectivity index (χ4n) is 3.98. The molecule has 1 saturated heterocycles. The first-order chi connectivity index (χ1) is 14.1. The van der Waals surface area contributed by atoms with E-state index in [-0.39, 0.29) is 23.5 Å². The van der Waals surface area contributed by atoms with Crippen LogP contribution < -0.4 is 9.46 Å². The van der Waals surface area contributed by atoms with Gasteiger partial charge in [-0.05, 0) is 43.9 Å². The van der Waals surface area contributed by atoms with Gasteiger partial charge in [0.05, 0.1) is 23.7 Å². The number of sulfonamides is 1. The van der Waals surface area contributed by atoms with Crippen LogP contribution in [0.4, 0.5) is 0 Å². The van der Waals surface area contributed by atoms with Crippen molar-refractivity contribution in [3.8, 4) is 17.1 Å². The summed E-state index contributed by atoms with van der Waals surface area (Å²) in [5, 5.41) is 4.10. The molecule has 0 bridgehead atoms. The van der Waals surface area contributed by atoms with Crippen LogP contribution in [0.25, 0.3) is 11.4 Å². The van der Waals surface area contributed by atoms with Gasteiger partial charge in [0, 0.05) is 19.1 Å². The average Bonchev–Trinajstić information content (AvgIpc) is 3.45. The summed E-state index contributed by atoms with van der Waals surface area (Å²) in [6, 6.07) is 4.67. The molecule has 2 aliphatic rings. The quantitative estimate of drug-likeness (QED) is 0.732. The Hall–Kier alpha value is -1.97. The minimum atomic E-state index is -3.69. The molecule has 0 unspecified atom stereocenters. The molecule has 158 valence electrons. The van der Waals surface area contributed by atoms with Crippen LogP contribution >= 0.6 is 0 Å². The molecule has 1 aliphatic carbocycles. The fraction of sp³-hybridized carbons (Fsp3) is 0.600. The summed E-state index contributed by atoms with van der Waals surface area (Å²) in [7, 11) is -2.16. The van der Waals surface area contributed by atoms with Gasteiger partial charge in [-0.25, -0.2) is 13.1 Å². The van der Waals surface area contributed by atoms with Crippen LogP contribution in [0.3, 0.4) is 0 Å². The Balaban J connectivity index is 1.57. The topological polar surface area (TPSA) is 104 Å². The summed E-state index contributed by atoms with van der Waals surface area (Å²) in [5.41, 5.74) is 0.498. The van der Waals surface area contributed by atoms with Gasteiger partial charge in [-0.2, -0.15) is 4.98 Å². The Morgan fingerprint density at radius 2 is 2.00 bits per heavy atom. The molecule has 4 rings (SSSR count). The summed E-state index contributed by atoms with van der Waals surface area (Å²) in [6.07, 6.45) is 7.40. The number of hydrogen-bond acceptors (Lipinski definition) is 7. The molecule has 1 aromatic heterocycles. The van der Waals surface area contributed by atoms with Gasteiger partial charge < -0.3 is 14.0 Å². The van der Waals surface area contributed by atoms with Crippen molar-refractivity contribution in [3.63, 3.8) is 0 Å². The first-order valence-electron chi connectivity index (χ1n) is 10.2. The molecular formula is C20H27N3O5S. The first kappa shape index (κ1) is 20.3. The Labute approximate surface area is 171 Å². The minimum Gasteiger partial charge on any atom is -0.496 e. The predicted molar refractivity (Wildman–Crippen MR) is 106 cm³/mol. The van der Waals surface area contributed by atoms with Crippen LogP contribution in [0.15, 0.2) is 27.6 Å². The molecule has 1 aliphatic heterocycles. The largest absolute Gasteiger partial charge is 0.496 e. The van der Waals surface area contributed by atoms with E-state index in [0.29, 0.717) is 29.6 Å². The molecule has 1 saturated carbocycles. The molecule has 8 nitrogen and oxygen atoms in total. The Morgan fingerprint density at radius 1 is 1.17 bits per heavy atom. The summed E-state index contributed by atoms with van der Waals surface area (Å²) >= 11 is 0. The summed E-state index contributed by atoms with van der Waals surface area (Å²) < 4.78 is 44.5. The van der Waals surface area contributed by atoms with Crippen LogP contribution in [0.5, 0.6) is 5.75 Å². The lowest BCUT2D eigenvalue weighted by molar-refractivity contribution is 0.114. The second-order valence-electron chi connectivity index (χ2n) is 7.64. The van der Waals surface area contributed by atoms with Crippen molar-refractivity contribution >= 4 is 10.0 Å². The highest BCUT2D eigenvalue weighted by Gasteiger charge is 2.25. The van der Waals surface area contributed by atoms with E-state index in [1.54, 1.807) is 6.07 Å². The van der Waals surface area contributed by atoms with Gasteiger partial charge in [-0.3, -0.25) is 0 Å². The van der Waals surface area contributed by atoms with Gasteiger partial charge in [-0.1, -0.05) is 24.4 Å². The standard InChI is InChI=1S/C20H27N3O5S/c1-26-18-10-9-16(29(24,25)21-13-15-8-5-11-27-15)12-17(18)19-22-20(28-23-19)14-6-3-2-4-7-14/h9-10,12,14-15,21H,2-8,11,13H2,1H3/t15-/m1/s1. The Kier molecular flexibility index (Phi) is 6.17. The van der Waals surface area contributed by atoms with E-state index in [1.165, 1.54) is 25.7 Å². The zero-order chi connectivity index (χ0) is 20.3. The molecule has 29 heavy (non-hydrogen) atoms. The molecule has 0 spiro atoms. The highest BCUT2D eigenvalue weighted by Crippen LogP contribution is 2.35. The molecule has 0 amide bonds.